The molecule has 0 unspecified atom stereocenters. The second-order valence-electron chi connectivity index (χ2n) is 8.12. The summed E-state index contributed by atoms with van der Waals surface area (Å²) in [4.78, 5) is 0. The Hall–Kier alpha value is -2.42. The fourth-order valence-electron chi connectivity index (χ4n) is 4.37. The van der Waals surface area contributed by atoms with Crippen molar-refractivity contribution in [3.8, 4) is 0 Å². The van der Waals surface area contributed by atoms with Gasteiger partial charge >= 0.3 is 0 Å². The summed E-state index contributed by atoms with van der Waals surface area (Å²) in [5.41, 5.74) is 1.60. The van der Waals surface area contributed by atoms with Crippen LogP contribution in [0.5, 0.6) is 0 Å². The lowest BCUT2D eigenvalue weighted by atomic mass is 9.84. The van der Waals surface area contributed by atoms with Crippen molar-refractivity contribution < 1.29 is 9.47 Å². The van der Waals surface area contributed by atoms with E-state index in [0.717, 1.165) is 39.3 Å². The van der Waals surface area contributed by atoms with Gasteiger partial charge in [0, 0.05) is 5.41 Å². The van der Waals surface area contributed by atoms with E-state index in [-0.39, 0.29) is 5.41 Å². The molecular formula is C26H26O2. The van der Waals surface area contributed by atoms with Gasteiger partial charge in [-0.15, -0.1) is 0 Å². The largest absolute Gasteiger partial charge is 0.380 e. The molecule has 28 heavy (non-hydrogen) atoms. The van der Waals surface area contributed by atoms with Gasteiger partial charge in [0.15, 0.2) is 0 Å². The first kappa shape index (κ1) is 17.7. The summed E-state index contributed by atoms with van der Waals surface area (Å²) in [5.74, 6) is 0. The van der Waals surface area contributed by atoms with E-state index in [1.54, 1.807) is 0 Å². The van der Waals surface area contributed by atoms with Crippen molar-refractivity contribution in [3.63, 3.8) is 0 Å². The molecule has 4 aromatic rings. The van der Waals surface area contributed by atoms with Gasteiger partial charge in [0.25, 0.3) is 0 Å². The van der Waals surface area contributed by atoms with Crippen LogP contribution in [0.2, 0.25) is 0 Å². The molecular weight excluding hydrogens is 344 g/mol. The van der Waals surface area contributed by atoms with Crippen LogP contribution in [0.15, 0.2) is 66.7 Å². The number of benzene rings is 4. The Morgan fingerprint density at radius 3 is 1.89 bits per heavy atom. The lowest BCUT2D eigenvalue weighted by Crippen LogP contribution is -2.45. The maximum absolute atomic E-state index is 6.03. The summed E-state index contributed by atoms with van der Waals surface area (Å²) in [6, 6.07) is 24.4. The van der Waals surface area contributed by atoms with Gasteiger partial charge in [-0.3, -0.25) is 0 Å². The molecule has 2 nitrogen and oxygen atoms in total. The van der Waals surface area contributed by atoms with Crippen molar-refractivity contribution in [1.82, 2.24) is 0 Å². The zero-order chi connectivity index (χ0) is 19.0. The van der Waals surface area contributed by atoms with E-state index < -0.39 is 0 Å². The Morgan fingerprint density at radius 1 is 0.786 bits per heavy atom. The second kappa shape index (κ2) is 7.20. The summed E-state index contributed by atoms with van der Waals surface area (Å²) in [6.07, 6.45) is 2.07. The van der Waals surface area contributed by atoms with Crippen molar-refractivity contribution in [1.29, 1.82) is 0 Å². The zero-order valence-corrected chi connectivity index (χ0v) is 16.4. The molecule has 142 valence electrons. The maximum atomic E-state index is 6.03. The lowest BCUT2D eigenvalue weighted by Gasteiger charge is -2.40. The highest BCUT2D eigenvalue weighted by Gasteiger charge is 2.36. The topological polar surface area (TPSA) is 18.5 Å². The highest BCUT2D eigenvalue weighted by Crippen LogP contribution is 2.35. The summed E-state index contributed by atoms with van der Waals surface area (Å²) >= 11 is 0. The third-order valence-corrected chi connectivity index (χ3v) is 6.32. The van der Waals surface area contributed by atoms with Gasteiger partial charge in [-0.05, 0) is 50.7 Å². The van der Waals surface area contributed by atoms with E-state index in [2.05, 4.69) is 73.7 Å². The van der Waals surface area contributed by atoms with Crippen molar-refractivity contribution in [3.05, 3.63) is 72.3 Å². The van der Waals surface area contributed by atoms with Crippen LogP contribution in [0.4, 0.5) is 0 Å². The first-order valence-electron chi connectivity index (χ1n) is 10.3. The van der Waals surface area contributed by atoms with E-state index in [9.17, 15) is 0 Å². The van der Waals surface area contributed by atoms with Gasteiger partial charge in [0.05, 0.1) is 26.4 Å². The maximum Gasteiger partial charge on any atom is 0.0566 e. The molecule has 2 heteroatoms. The highest BCUT2D eigenvalue weighted by molar-refractivity contribution is 6.25. The minimum atomic E-state index is 0.262. The highest BCUT2D eigenvalue weighted by atomic mass is 16.5. The fraction of sp³-hybridized carbons (Fsp3) is 0.308. The average molecular weight is 370 g/mol. The van der Waals surface area contributed by atoms with Crippen LogP contribution >= 0.6 is 0 Å². The Labute approximate surface area is 166 Å². The van der Waals surface area contributed by atoms with E-state index in [0.29, 0.717) is 0 Å². The second-order valence-corrected chi connectivity index (χ2v) is 8.12. The molecule has 0 radical (unpaired) electrons. The van der Waals surface area contributed by atoms with Gasteiger partial charge in [-0.1, -0.05) is 73.7 Å². The number of hydrogen-bond donors (Lipinski definition) is 0. The first-order chi connectivity index (χ1) is 13.8. The summed E-state index contributed by atoms with van der Waals surface area (Å²) < 4.78 is 11.4. The van der Waals surface area contributed by atoms with Crippen molar-refractivity contribution in [2.24, 2.45) is 5.41 Å². The van der Waals surface area contributed by atoms with Crippen LogP contribution in [-0.4, -0.2) is 26.4 Å². The summed E-state index contributed by atoms with van der Waals surface area (Å²) in [7, 11) is 0. The monoisotopic (exact) mass is 370 g/mol. The quantitative estimate of drug-likeness (QED) is 0.300. The van der Waals surface area contributed by atoms with Crippen molar-refractivity contribution >= 4 is 32.3 Å². The predicted molar refractivity (Wildman–Crippen MR) is 117 cm³/mol. The standard InChI is InChI=1S/C26H26O2/c1-2-26(17-28-18-26)16-27-14-13-19-11-12-24-22-9-4-3-7-20(22)21-8-5-6-10-23(21)25(24)15-19/h3-12,15H,2,13-14,16-18H2,1H3. The molecule has 0 aliphatic carbocycles. The Bertz CT molecular complexity index is 1100. The molecule has 0 N–H and O–H groups in total. The van der Waals surface area contributed by atoms with Crippen molar-refractivity contribution in [2.45, 2.75) is 19.8 Å². The zero-order valence-electron chi connectivity index (χ0n) is 16.4. The Morgan fingerprint density at radius 2 is 1.36 bits per heavy atom. The molecule has 0 amide bonds. The van der Waals surface area contributed by atoms with Gasteiger partial charge in [-0.25, -0.2) is 0 Å². The van der Waals surface area contributed by atoms with Gasteiger partial charge in [-0.2, -0.15) is 0 Å². The van der Waals surface area contributed by atoms with E-state index in [1.165, 1.54) is 37.9 Å². The van der Waals surface area contributed by atoms with E-state index in [1.807, 2.05) is 0 Å². The molecule has 1 fully saturated rings. The number of rotatable bonds is 6. The number of ether oxygens (including phenoxy) is 2. The van der Waals surface area contributed by atoms with Gasteiger partial charge in [0.1, 0.15) is 0 Å². The van der Waals surface area contributed by atoms with Crippen LogP contribution in [0, 0.1) is 5.41 Å². The number of hydrogen-bond acceptors (Lipinski definition) is 2. The molecule has 5 rings (SSSR count). The normalized spacial score (nSPS) is 15.9. The fourth-order valence-corrected chi connectivity index (χ4v) is 4.37. The third kappa shape index (κ3) is 2.97. The number of fused-ring (bicyclic) bond motifs is 6. The first-order valence-corrected chi connectivity index (χ1v) is 10.3. The Kier molecular flexibility index (Phi) is 4.54. The predicted octanol–water partition coefficient (Wildman–Crippen LogP) is 6.13. The molecule has 0 spiro atoms. The molecule has 1 saturated heterocycles. The minimum absolute atomic E-state index is 0.262. The molecule has 4 aromatic carbocycles. The van der Waals surface area contributed by atoms with E-state index in [4.69, 9.17) is 9.47 Å². The van der Waals surface area contributed by atoms with Crippen LogP contribution in [0.25, 0.3) is 32.3 Å². The third-order valence-electron chi connectivity index (χ3n) is 6.32. The molecule has 0 saturated carbocycles. The average Bonchev–Trinajstić information content (AvgIpc) is 2.73. The van der Waals surface area contributed by atoms with Crippen LogP contribution in [0.3, 0.4) is 0 Å². The van der Waals surface area contributed by atoms with Crippen LogP contribution < -0.4 is 0 Å². The lowest BCUT2D eigenvalue weighted by molar-refractivity contribution is -0.149. The summed E-state index contributed by atoms with van der Waals surface area (Å²) in [5, 5.41) is 7.98. The SMILES string of the molecule is CCC1(COCCc2ccc3c4ccccc4c4ccccc4c3c2)COC1. The van der Waals surface area contributed by atoms with Crippen molar-refractivity contribution in [2.75, 3.05) is 26.4 Å². The van der Waals surface area contributed by atoms with Crippen LogP contribution in [-0.2, 0) is 15.9 Å². The van der Waals surface area contributed by atoms with Crippen LogP contribution in [0.1, 0.15) is 18.9 Å². The minimum Gasteiger partial charge on any atom is -0.380 e. The molecule has 1 heterocycles. The van der Waals surface area contributed by atoms with Gasteiger partial charge < -0.3 is 9.47 Å². The van der Waals surface area contributed by atoms with Gasteiger partial charge in [0.2, 0.25) is 0 Å². The smallest absolute Gasteiger partial charge is 0.0566 e. The Balaban J connectivity index is 1.45. The molecule has 1 aliphatic rings. The molecule has 0 atom stereocenters. The van der Waals surface area contributed by atoms with E-state index >= 15 is 0 Å². The summed E-state index contributed by atoms with van der Waals surface area (Å²) in [6.45, 7) is 5.49. The molecule has 1 aliphatic heterocycles. The molecule has 0 aromatic heterocycles. The molecule has 0 bridgehead atoms.